The molecule has 0 heterocycles. The van der Waals surface area contributed by atoms with Crippen molar-refractivity contribution < 1.29 is 4.79 Å². The molecular weight excluding hydrogens is 284 g/mol. The standard InChI is InChI=1S/C20H32N2O/c1-3-4-5-6-7-8-9-10-11-15-20(23)22-21-17-19-14-12-13-18(2)16-19/h12-14,16-17H,3-11,15H2,1-2H3,(H,22,23). The highest BCUT2D eigenvalue weighted by Crippen LogP contribution is 2.10. The molecule has 0 radical (unpaired) electrons. The molecular formula is C20H32N2O. The van der Waals surface area contributed by atoms with Gasteiger partial charge in [-0.3, -0.25) is 4.79 Å². The van der Waals surface area contributed by atoms with Gasteiger partial charge in [-0.15, -0.1) is 0 Å². The average Bonchev–Trinajstić information content (AvgIpc) is 2.53. The lowest BCUT2D eigenvalue weighted by Crippen LogP contribution is -2.16. The number of hydrogen-bond donors (Lipinski definition) is 1. The lowest BCUT2D eigenvalue weighted by Gasteiger charge is -2.02. The molecule has 3 nitrogen and oxygen atoms in total. The molecule has 128 valence electrons. The normalized spacial score (nSPS) is 11.0. The summed E-state index contributed by atoms with van der Waals surface area (Å²) in [7, 11) is 0. The van der Waals surface area contributed by atoms with Crippen molar-refractivity contribution >= 4 is 12.1 Å². The molecule has 0 bridgehead atoms. The monoisotopic (exact) mass is 316 g/mol. The van der Waals surface area contributed by atoms with Gasteiger partial charge in [0.25, 0.3) is 0 Å². The molecule has 1 rings (SSSR count). The van der Waals surface area contributed by atoms with E-state index in [1.54, 1.807) is 6.21 Å². The third-order valence-corrected chi connectivity index (χ3v) is 3.95. The number of amides is 1. The number of aryl methyl sites for hydroxylation is 1. The number of carbonyl (C=O) groups excluding carboxylic acids is 1. The summed E-state index contributed by atoms with van der Waals surface area (Å²) in [6.45, 7) is 4.29. The predicted octanol–water partition coefficient (Wildman–Crippen LogP) is 5.37. The van der Waals surface area contributed by atoms with E-state index >= 15 is 0 Å². The summed E-state index contributed by atoms with van der Waals surface area (Å²) in [5.41, 5.74) is 4.80. The van der Waals surface area contributed by atoms with Crippen LogP contribution in [-0.4, -0.2) is 12.1 Å². The summed E-state index contributed by atoms with van der Waals surface area (Å²) in [6.07, 6.45) is 13.7. The third kappa shape index (κ3) is 10.7. The SMILES string of the molecule is CCCCCCCCCCCC(=O)NN=Cc1cccc(C)c1. The van der Waals surface area contributed by atoms with E-state index in [0.29, 0.717) is 6.42 Å². The van der Waals surface area contributed by atoms with Gasteiger partial charge in [0, 0.05) is 6.42 Å². The fraction of sp³-hybridized carbons (Fsp3) is 0.600. The Hall–Kier alpha value is -1.64. The number of rotatable bonds is 12. The predicted molar refractivity (Wildman–Crippen MR) is 98.8 cm³/mol. The maximum Gasteiger partial charge on any atom is 0.240 e. The molecule has 0 aliphatic carbocycles. The number of unbranched alkanes of at least 4 members (excludes halogenated alkanes) is 8. The van der Waals surface area contributed by atoms with Gasteiger partial charge < -0.3 is 0 Å². The first kappa shape index (κ1) is 19.4. The molecule has 0 unspecified atom stereocenters. The van der Waals surface area contributed by atoms with E-state index in [1.807, 2.05) is 31.2 Å². The third-order valence-electron chi connectivity index (χ3n) is 3.95. The Bertz CT molecular complexity index is 468. The summed E-state index contributed by atoms with van der Waals surface area (Å²) < 4.78 is 0. The van der Waals surface area contributed by atoms with Crippen LogP contribution in [0.5, 0.6) is 0 Å². The molecule has 0 fully saturated rings. The van der Waals surface area contributed by atoms with Crippen LogP contribution in [0, 0.1) is 6.92 Å². The minimum absolute atomic E-state index is 0.0110. The summed E-state index contributed by atoms with van der Waals surface area (Å²) in [4.78, 5) is 11.7. The van der Waals surface area contributed by atoms with Crippen LogP contribution in [0.4, 0.5) is 0 Å². The number of benzene rings is 1. The zero-order valence-electron chi connectivity index (χ0n) is 14.8. The number of nitrogens with one attached hydrogen (secondary N) is 1. The fourth-order valence-corrected chi connectivity index (χ4v) is 2.58. The van der Waals surface area contributed by atoms with Gasteiger partial charge in [-0.25, -0.2) is 5.43 Å². The molecule has 0 saturated carbocycles. The van der Waals surface area contributed by atoms with Crippen molar-refractivity contribution in [3.63, 3.8) is 0 Å². The van der Waals surface area contributed by atoms with E-state index in [9.17, 15) is 4.79 Å². The second kappa shape index (κ2) is 12.9. The van der Waals surface area contributed by atoms with Crippen LogP contribution in [-0.2, 0) is 4.79 Å². The Morgan fingerprint density at radius 2 is 1.70 bits per heavy atom. The van der Waals surface area contributed by atoms with Crippen LogP contribution in [0.3, 0.4) is 0 Å². The summed E-state index contributed by atoms with van der Waals surface area (Å²) in [6, 6.07) is 8.04. The van der Waals surface area contributed by atoms with Crippen molar-refractivity contribution in [2.24, 2.45) is 5.10 Å². The van der Waals surface area contributed by atoms with Crippen LogP contribution in [0.1, 0.15) is 82.3 Å². The van der Waals surface area contributed by atoms with E-state index in [0.717, 1.165) is 18.4 Å². The molecule has 0 aromatic heterocycles. The highest BCUT2D eigenvalue weighted by atomic mass is 16.2. The second-order valence-corrected chi connectivity index (χ2v) is 6.29. The maximum absolute atomic E-state index is 11.7. The van der Waals surface area contributed by atoms with Gasteiger partial charge in [0.2, 0.25) is 5.91 Å². The molecule has 0 aliphatic heterocycles. The molecule has 0 spiro atoms. The van der Waals surface area contributed by atoms with E-state index in [1.165, 1.54) is 50.5 Å². The van der Waals surface area contributed by atoms with Crippen molar-refractivity contribution in [2.45, 2.75) is 78.1 Å². The van der Waals surface area contributed by atoms with Crippen LogP contribution in [0.15, 0.2) is 29.4 Å². The quantitative estimate of drug-likeness (QED) is 0.314. The first-order valence-electron chi connectivity index (χ1n) is 9.11. The van der Waals surface area contributed by atoms with Gasteiger partial charge in [0.1, 0.15) is 0 Å². The van der Waals surface area contributed by atoms with Crippen molar-refractivity contribution in [2.75, 3.05) is 0 Å². The number of hydrazone groups is 1. The molecule has 0 aliphatic rings. The van der Waals surface area contributed by atoms with Gasteiger partial charge in [-0.2, -0.15) is 5.10 Å². The molecule has 1 N–H and O–H groups in total. The van der Waals surface area contributed by atoms with Gasteiger partial charge >= 0.3 is 0 Å². The van der Waals surface area contributed by atoms with Crippen LogP contribution >= 0.6 is 0 Å². The number of nitrogens with zero attached hydrogens (tertiary/aromatic N) is 1. The highest BCUT2D eigenvalue weighted by molar-refractivity contribution is 5.82. The Morgan fingerprint density at radius 3 is 2.35 bits per heavy atom. The minimum Gasteiger partial charge on any atom is -0.273 e. The topological polar surface area (TPSA) is 41.5 Å². The zero-order valence-corrected chi connectivity index (χ0v) is 14.8. The largest absolute Gasteiger partial charge is 0.273 e. The van der Waals surface area contributed by atoms with Crippen molar-refractivity contribution in [3.8, 4) is 0 Å². The Kier molecular flexibility index (Phi) is 10.9. The van der Waals surface area contributed by atoms with Gasteiger partial charge in [-0.05, 0) is 18.9 Å². The highest BCUT2D eigenvalue weighted by Gasteiger charge is 1.99. The van der Waals surface area contributed by atoms with Crippen molar-refractivity contribution in [1.82, 2.24) is 5.43 Å². The lowest BCUT2D eigenvalue weighted by atomic mass is 10.1. The first-order chi connectivity index (χ1) is 11.2. The molecule has 1 amide bonds. The smallest absolute Gasteiger partial charge is 0.240 e. The summed E-state index contributed by atoms with van der Waals surface area (Å²) in [5, 5.41) is 4.01. The van der Waals surface area contributed by atoms with Crippen molar-refractivity contribution in [3.05, 3.63) is 35.4 Å². The summed E-state index contributed by atoms with van der Waals surface area (Å²) >= 11 is 0. The molecule has 1 aromatic rings. The lowest BCUT2D eigenvalue weighted by molar-refractivity contribution is -0.121. The van der Waals surface area contributed by atoms with Gasteiger partial charge in [0.05, 0.1) is 6.21 Å². The second-order valence-electron chi connectivity index (χ2n) is 6.29. The summed E-state index contributed by atoms with van der Waals surface area (Å²) in [5.74, 6) is 0.0110. The average molecular weight is 316 g/mol. The maximum atomic E-state index is 11.7. The fourth-order valence-electron chi connectivity index (χ4n) is 2.58. The molecule has 1 aromatic carbocycles. The molecule has 0 saturated heterocycles. The van der Waals surface area contributed by atoms with E-state index in [2.05, 4.69) is 17.5 Å². The van der Waals surface area contributed by atoms with Gasteiger partial charge in [-0.1, -0.05) is 88.1 Å². The Morgan fingerprint density at radius 1 is 1.04 bits per heavy atom. The van der Waals surface area contributed by atoms with Crippen LogP contribution in [0.2, 0.25) is 0 Å². The molecule has 0 atom stereocenters. The van der Waals surface area contributed by atoms with E-state index in [4.69, 9.17) is 0 Å². The number of hydrogen-bond acceptors (Lipinski definition) is 2. The zero-order chi connectivity index (χ0) is 16.8. The van der Waals surface area contributed by atoms with E-state index in [-0.39, 0.29) is 5.91 Å². The van der Waals surface area contributed by atoms with Crippen LogP contribution in [0.25, 0.3) is 0 Å². The van der Waals surface area contributed by atoms with Gasteiger partial charge in [0.15, 0.2) is 0 Å². The van der Waals surface area contributed by atoms with E-state index < -0.39 is 0 Å². The molecule has 3 heteroatoms. The molecule has 23 heavy (non-hydrogen) atoms. The number of carbonyl (C=O) groups is 1. The van der Waals surface area contributed by atoms with Crippen molar-refractivity contribution in [1.29, 1.82) is 0 Å². The van der Waals surface area contributed by atoms with Crippen LogP contribution < -0.4 is 5.43 Å². The Labute approximate surface area is 141 Å². The first-order valence-corrected chi connectivity index (χ1v) is 9.11. The minimum atomic E-state index is 0.0110. The Balaban J connectivity index is 2.00.